The van der Waals surface area contributed by atoms with Gasteiger partial charge in [-0.25, -0.2) is 10.0 Å². The molecule has 7 heteroatoms. The molecule has 2 N–H and O–H groups in total. The molecule has 4 bridgehead atoms. The molecule has 35 heavy (non-hydrogen) atoms. The van der Waals surface area contributed by atoms with E-state index in [-0.39, 0.29) is 29.1 Å². The van der Waals surface area contributed by atoms with Crippen LogP contribution in [0, 0.1) is 35.0 Å². The number of allylic oxidation sites excluding steroid dienone is 6. The Hall–Kier alpha value is -3.22. The van der Waals surface area contributed by atoms with Crippen LogP contribution in [0.5, 0.6) is 0 Å². The summed E-state index contributed by atoms with van der Waals surface area (Å²) in [4.78, 5) is 36.1. The molecule has 7 nitrogen and oxygen atoms in total. The zero-order chi connectivity index (χ0) is 23.6. The molecule has 180 valence electrons. The van der Waals surface area contributed by atoms with Gasteiger partial charge in [-0.05, 0) is 62.4 Å². The van der Waals surface area contributed by atoms with Gasteiger partial charge in [0.15, 0.2) is 5.82 Å². The minimum absolute atomic E-state index is 0.0534. The number of hydrazine groups is 1. The van der Waals surface area contributed by atoms with Crippen LogP contribution < -0.4 is 10.7 Å². The third-order valence-corrected chi connectivity index (χ3v) is 8.94. The van der Waals surface area contributed by atoms with Gasteiger partial charge in [-0.3, -0.25) is 20.0 Å². The molecule has 0 aromatic rings. The Balaban J connectivity index is 1.07. The van der Waals surface area contributed by atoms with E-state index in [0.29, 0.717) is 18.9 Å². The highest BCUT2D eigenvalue weighted by molar-refractivity contribution is 6.15. The first-order valence-electron chi connectivity index (χ1n) is 13.1. The van der Waals surface area contributed by atoms with Crippen molar-refractivity contribution in [1.82, 2.24) is 15.8 Å². The zero-order valence-electron chi connectivity index (χ0n) is 19.8. The number of nitrogens with one attached hydrogen (secondary N) is 2. The van der Waals surface area contributed by atoms with E-state index in [1.54, 1.807) is 5.01 Å². The summed E-state index contributed by atoms with van der Waals surface area (Å²) < 4.78 is 0. The summed E-state index contributed by atoms with van der Waals surface area (Å²) >= 11 is 0. The van der Waals surface area contributed by atoms with Crippen molar-refractivity contribution < 1.29 is 9.59 Å². The predicted octanol–water partition coefficient (Wildman–Crippen LogP) is 3.21. The monoisotopic (exact) mass is 469 g/mol. The number of nitrogens with zero attached hydrogens (tertiary/aromatic N) is 3. The minimum Gasteiger partial charge on any atom is -0.354 e. The van der Waals surface area contributed by atoms with Gasteiger partial charge in [0.25, 0.3) is 5.91 Å². The van der Waals surface area contributed by atoms with Crippen LogP contribution in [0.25, 0.3) is 0 Å². The highest BCUT2D eigenvalue weighted by Gasteiger charge is 2.54. The van der Waals surface area contributed by atoms with E-state index in [1.807, 2.05) is 42.5 Å². The highest BCUT2D eigenvalue weighted by atomic mass is 16.2. The van der Waals surface area contributed by atoms with Crippen molar-refractivity contribution >= 4 is 23.4 Å². The van der Waals surface area contributed by atoms with Crippen molar-refractivity contribution in [2.45, 2.75) is 38.5 Å². The normalized spacial score (nSPS) is 38.8. The van der Waals surface area contributed by atoms with Crippen molar-refractivity contribution in [3.05, 3.63) is 60.0 Å². The van der Waals surface area contributed by atoms with Gasteiger partial charge in [0.05, 0.1) is 18.2 Å². The highest BCUT2D eigenvalue weighted by Crippen LogP contribution is 2.60. The smallest absolute Gasteiger partial charge is 0.260 e. The first-order valence-corrected chi connectivity index (χ1v) is 13.1. The average Bonchev–Trinajstić information content (AvgIpc) is 2.86. The summed E-state index contributed by atoms with van der Waals surface area (Å²) in [6, 6.07) is 0. The predicted molar refractivity (Wildman–Crippen MR) is 134 cm³/mol. The molecular formula is C28H31N5O2. The number of amidine groups is 1. The Morgan fingerprint density at radius 2 is 1.71 bits per heavy atom. The number of hydrogen-bond acceptors (Lipinski definition) is 4. The van der Waals surface area contributed by atoms with Crippen LogP contribution in [0.3, 0.4) is 0 Å². The Labute approximate surface area is 205 Å². The lowest BCUT2D eigenvalue weighted by Gasteiger charge is -2.55. The van der Waals surface area contributed by atoms with E-state index in [0.717, 1.165) is 54.1 Å². The molecule has 6 aliphatic carbocycles. The molecular weight excluding hydrogens is 438 g/mol. The number of fused-ring (bicyclic) bond motifs is 3. The zero-order valence-corrected chi connectivity index (χ0v) is 19.8. The molecule has 2 atom stereocenters. The first-order chi connectivity index (χ1) is 17.1. The maximum Gasteiger partial charge on any atom is 0.260 e. The first kappa shape index (κ1) is 21.1. The fourth-order valence-electron chi connectivity index (χ4n) is 7.80. The Kier molecular flexibility index (Phi) is 4.76. The molecule has 2 heterocycles. The van der Waals surface area contributed by atoms with Gasteiger partial charge < -0.3 is 5.32 Å². The molecule has 4 fully saturated rings. The van der Waals surface area contributed by atoms with Crippen molar-refractivity contribution in [3.63, 3.8) is 0 Å². The van der Waals surface area contributed by atoms with Gasteiger partial charge in [-0.1, -0.05) is 42.5 Å². The van der Waals surface area contributed by atoms with Crippen LogP contribution in [0.1, 0.15) is 38.5 Å². The maximum absolute atomic E-state index is 13.3. The lowest BCUT2D eigenvalue weighted by molar-refractivity contribution is -0.146. The SMILES string of the molecule is O=C1C2C=CC=CC2=NC2=C3C=CC=CC3C(=NCCNC(=O)C34CC5CC(CC(C5)C3)C4)NN12. The van der Waals surface area contributed by atoms with Gasteiger partial charge in [-0.15, -0.1) is 0 Å². The molecule has 0 aromatic heterocycles. The van der Waals surface area contributed by atoms with E-state index < -0.39 is 0 Å². The van der Waals surface area contributed by atoms with E-state index >= 15 is 0 Å². The van der Waals surface area contributed by atoms with E-state index in [2.05, 4.69) is 16.8 Å². The summed E-state index contributed by atoms with van der Waals surface area (Å²) in [5, 5.41) is 4.76. The summed E-state index contributed by atoms with van der Waals surface area (Å²) in [6.07, 6.45) is 22.9. The van der Waals surface area contributed by atoms with Gasteiger partial charge in [-0.2, -0.15) is 0 Å². The fraction of sp³-hybridized carbons (Fsp3) is 0.500. The second kappa shape index (κ2) is 7.90. The minimum atomic E-state index is -0.377. The quantitative estimate of drug-likeness (QED) is 0.620. The number of aliphatic imine (C=N–C) groups is 2. The van der Waals surface area contributed by atoms with Gasteiger partial charge >= 0.3 is 0 Å². The molecule has 8 aliphatic rings. The lowest BCUT2D eigenvalue weighted by Crippen LogP contribution is -2.56. The largest absolute Gasteiger partial charge is 0.354 e. The Morgan fingerprint density at radius 3 is 2.46 bits per heavy atom. The Bertz CT molecular complexity index is 1160. The van der Waals surface area contributed by atoms with Gasteiger partial charge in [0.2, 0.25) is 5.91 Å². The molecule has 0 spiro atoms. The van der Waals surface area contributed by atoms with Gasteiger partial charge in [0, 0.05) is 17.5 Å². The van der Waals surface area contributed by atoms with Crippen LogP contribution >= 0.6 is 0 Å². The molecule has 2 unspecified atom stereocenters. The summed E-state index contributed by atoms with van der Waals surface area (Å²) in [5.74, 6) is 3.34. The molecule has 2 aliphatic heterocycles. The van der Waals surface area contributed by atoms with Crippen molar-refractivity contribution in [2.75, 3.05) is 13.1 Å². The summed E-state index contributed by atoms with van der Waals surface area (Å²) in [7, 11) is 0. The van der Waals surface area contributed by atoms with Crippen LogP contribution in [-0.2, 0) is 9.59 Å². The molecule has 0 radical (unpaired) electrons. The van der Waals surface area contributed by atoms with Crippen LogP contribution in [0.4, 0.5) is 0 Å². The number of hydrogen-bond donors (Lipinski definition) is 2. The summed E-state index contributed by atoms with van der Waals surface area (Å²) in [6.45, 7) is 0.982. The number of amides is 2. The van der Waals surface area contributed by atoms with Crippen molar-refractivity contribution in [2.24, 2.45) is 45.0 Å². The molecule has 0 aromatic carbocycles. The summed E-state index contributed by atoms with van der Waals surface area (Å²) in [5.41, 5.74) is 4.85. The maximum atomic E-state index is 13.3. The van der Waals surface area contributed by atoms with E-state index in [1.165, 1.54) is 19.3 Å². The lowest BCUT2D eigenvalue weighted by atomic mass is 9.49. The third kappa shape index (κ3) is 3.39. The van der Waals surface area contributed by atoms with Crippen LogP contribution in [0.15, 0.2) is 70.0 Å². The second-order valence-electron chi connectivity index (χ2n) is 11.3. The molecule has 4 saturated carbocycles. The van der Waals surface area contributed by atoms with E-state index in [4.69, 9.17) is 9.98 Å². The second-order valence-corrected chi connectivity index (χ2v) is 11.3. The standard InChI is InChI=1S/C28H31N5O2/c34-26-22-7-3-4-8-23(22)31-25-21-6-2-1-5-20(21)24(32-33(25)26)29-9-10-30-27(35)28-14-17-11-18(15-28)13-19(12-17)16-28/h1-8,17-20,22H,9-16H2,(H,29,32)(H,30,35). The van der Waals surface area contributed by atoms with Crippen LogP contribution in [-0.4, -0.2) is 41.5 Å². The molecule has 2 amide bonds. The Morgan fingerprint density at radius 1 is 1.03 bits per heavy atom. The number of carbonyl (C=O) groups excluding carboxylic acids is 2. The molecule has 0 saturated heterocycles. The molecule has 8 rings (SSSR count). The van der Waals surface area contributed by atoms with Crippen molar-refractivity contribution in [1.29, 1.82) is 0 Å². The van der Waals surface area contributed by atoms with Crippen molar-refractivity contribution in [3.8, 4) is 0 Å². The van der Waals surface area contributed by atoms with Gasteiger partial charge in [0.1, 0.15) is 11.8 Å². The third-order valence-electron chi connectivity index (χ3n) is 8.94. The average molecular weight is 470 g/mol. The van der Waals surface area contributed by atoms with Crippen LogP contribution in [0.2, 0.25) is 0 Å². The number of carbonyl (C=O) groups is 2. The number of rotatable bonds is 4. The fourth-order valence-corrected chi connectivity index (χ4v) is 7.80. The van der Waals surface area contributed by atoms with E-state index in [9.17, 15) is 9.59 Å². The topological polar surface area (TPSA) is 86.2 Å².